The molecule has 14 heavy (non-hydrogen) atoms. The molecule has 2 rings (SSSR count). The first-order valence-electron chi connectivity index (χ1n) is 3.56. The molecule has 0 radical (unpaired) electrons. The van der Waals surface area contributed by atoms with Crippen LogP contribution in [0.5, 0.6) is 0 Å². The standard InChI is InChI=1S/C7H3BrF3N3/c8-6-12-5-2-1-4(7(9,10)11)3-14(5)13-6/h1-3H. The van der Waals surface area contributed by atoms with E-state index < -0.39 is 11.7 Å². The third-order valence-electron chi connectivity index (χ3n) is 1.63. The maximum Gasteiger partial charge on any atom is 0.417 e. The Balaban J connectivity index is 2.62. The van der Waals surface area contributed by atoms with E-state index in [0.717, 1.165) is 16.8 Å². The number of hydrogen-bond donors (Lipinski definition) is 0. The highest BCUT2D eigenvalue weighted by molar-refractivity contribution is 9.10. The fraction of sp³-hybridized carbons (Fsp3) is 0.143. The molecular formula is C7H3BrF3N3. The second-order valence-corrected chi connectivity index (χ2v) is 3.31. The summed E-state index contributed by atoms with van der Waals surface area (Å²) in [4.78, 5) is 3.84. The molecule has 0 saturated heterocycles. The molecular weight excluding hydrogens is 263 g/mol. The number of nitrogens with zero attached hydrogens (tertiary/aromatic N) is 3. The van der Waals surface area contributed by atoms with Gasteiger partial charge in [-0.15, -0.1) is 5.10 Å². The summed E-state index contributed by atoms with van der Waals surface area (Å²) in [6, 6.07) is 2.23. The van der Waals surface area contributed by atoms with Crippen LogP contribution in [0.25, 0.3) is 5.65 Å². The quantitative estimate of drug-likeness (QED) is 0.733. The van der Waals surface area contributed by atoms with Crippen molar-refractivity contribution in [3.8, 4) is 0 Å². The van der Waals surface area contributed by atoms with Crippen LogP contribution < -0.4 is 0 Å². The highest BCUT2D eigenvalue weighted by Crippen LogP contribution is 2.28. The van der Waals surface area contributed by atoms with Crippen molar-refractivity contribution < 1.29 is 13.2 Å². The van der Waals surface area contributed by atoms with Gasteiger partial charge in [-0.3, -0.25) is 0 Å². The van der Waals surface area contributed by atoms with E-state index in [2.05, 4.69) is 26.0 Å². The van der Waals surface area contributed by atoms with Gasteiger partial charge in [0.1, 0.15) is 0 Å². The Morgan fingerprint density at radius 2 is 2.00 bits per heavy atom. The van der Waals surface area contributed by atoms with Crippen LogP contribution >= 0.6 is 15.9 Å². The van der Waals surface area contributed by atoms with Crippen molar-refractivity contribution in [2.24, 2.45) is 0 Å². The van der Waals surface area contributed by atoms with Crippen LogP contribution in [-0.4, -0.2) is 14.6 Å². The van der Waals surface area contributed by atoms with Gasteiger partial charge in [0.05, 0.1) is 5.56 Å². The number of aromatic nitrogens is 3. The van der Waals surface area contributed by atoms with E-state index in [1.807, 2.05) is 0 Å². The monoisotopic (exact) mass is 265 g/mol. The lowest BCUT2D eigenvalue weighted by Gasteiger charge is -2.05. The molecule has 0 aliphatic heterocycles. The highest BCUT2D eigenvalue weighted by atomic mass is 79.9. The minimum absolute atomic E-state index is 0.261. The second-order valence-electron chi connectivity index (χ2n) is 2.60. The van der Waals surface area contributed by atoms with Crippen LogP contribution in [0.3, 0.4) is 0 Å². The molecule has 2 aromatic rings. The van der Waals surface area contributed by atoms with Crippen LogP contribution in [0, 0.1) is 0 Å². The minimum atomic E-state index is -4.35. The van der Waals surface area contributed by atoms with Gasteiger partial charge in [-0.2, -0.15) is 13.2 Å². The summed E-state index contributed by atoms with van der Waals surface area (Å²) in [5.74, 6) is 0. The third-order valence-corrected chi connectivity index (χ3v) is 1.97. The molecule has 0 bridgehead atoms. The molecule has 0 N–H and O–H groups in total. The minimum Gasteiger partial charge on any atom is -0.219 e. The van der Waals surface area contributed by atoms with E-state index in [4.69, 9.17) is 0 Å². The van der Waals surface area contributed by atoms with Gasteiger partial charge in [0.15, 0.2) is 5.65 Å². The molecule has 0 unspecified atom stereocenters. The van der Waals surface area contributed by atoms with Gasteiger partial charge in [0.25, 0.3) is 0 Å². The summed E-state index contributed by atoms with van der Waals surface area (Å²) in [5.41, 5.74) is -0.382. The Bertz CT molecular complexity index is 476. The first-order chi connectivity index (χ1) is 6.47. The molecule has 0 aliphatic rings. The fourth-order valence-corrected chi connectivity index (χ4v) is 1.38. The summed E-state index contributed by atoms with van der Waals surface area (Å²) in [6.45, 7) is 0. The molecule has 0 atom stereocenters. The number of fused-ring (bicyclic) bond motifs is 1. The van der Waals surface area contributed by atoms with Crippen LogP contribution in [-0.2, 0) is 6.18 Å². The molecule has 0 spiro atoms. The largest absolute Gasteiger partial charge is 0.417 e. The zero-order chi connectivity index (χ0) is 10.3. The van der Waals surface area contributed by atoms with Crippen molar-refractivity contribution in [2.75, 3.05) is 0 Å². The van der Waals surface area contributed by atoms with E-state index in [0.29, 0.717) is 5.65 Å². The topological polar surface area (TPSA) is 30.2 Å². The first kappa shape index (κ1) is 9.45. The molecule has 3 nitrogen and oxygen atoms in total. The van der Waals surface area contributed by atoms with Gasteiger partial charge in [0.2, 0.25) is 4.73 Å². The van der Waals surface area contributed by atoms with Crippen LogP contribution in [0.1, 0.15) is 5.56 Å². The van der Waals surface area contributed by atoms with Crippen molar-refractivity contribution >= 4 is 21.6 Å². The molecule has 0 aromatic carbocycles. The molecule has 2 heterocycles. The molecule has 2 aromatic heterocycles. The van der Waals surface area contributed by atoms with E-state index >= 15 is 0 Å². The van der Waals surface area contributed by atoms with Crippen LogP contribution in [0.2, 0.25) is 0 Å². The Hall–Kier alpha value is -1.11. The summed E-state index contributed by atoms with van der Waals surface area (Å²) < 4.78 is 38.1. The van der Waals surface area contributed by atoms with E-state index in [9.17, 15) is 13.2 Å². The number of alkyl halides is 3. The summed E-state index contributed by atoms with van der Waals surface area (Å²) in [5, 5.41) is 3.71. The SMILES string of the molecule is FC(F)(F)c1ccc2nc(Br)nn2c1. The molecule has 0 saturated carbocycles. The smallest absolute Gasteiger partial charge is 0.219 e. The van der Waals surface area contributed by atoms with Crippen molar-refractivity contribution in [2.45, 2.75) is 6.18 Å². The molecule has 0 fully saturated rings. The fourth-order valence-electron chi connectivity index (χ4n) is 1.02. The third kappa shape index (κ3) is 1.59. The van der Waals surface area contributed by atoms with Crippen LogP contribution in [0.15, 0.2) is 23.1 Å². The first-order valence-corrected chi connectivity index (χ1v) is 4.35. The van der Waals surface area contributed by atoms with Crippen molar-refractivity contribution in [3.05, 3.63) is 28.6 Å². The van der Waals surface area contributed by atoms with Gasteiger partial charge in [0, 0.05) is 6.20 Å². The molecule has 7 heteroatoms. The van der Waals surface area contributed by atoms with Gasteiger partial charge in [-0.05, 0) is 28.1 Å². The zero-order valence-electron chi connectivity index (χ0n) is 6.59. The lowest BCUT2D eigenvalue weighted by Crippen LogP contribution is -2.06. The van der Waals surface area contributed by atoms with Crippen molar-refractivity contribution in [1.29, 1.82) is 0 Å². The van der Waals surface area contributed by atoms with Gasteiger partial charge in [-0.25, -0.2) is 9.50 Å². The molecule has 0 amide bonds. The summed E-state index contributed by atoms with van der Waals surface area (Å²) in [6.07, 6.45) is -3.46. The predicted octanol–water partition coefficient (Wildman–Crippen LogP) is 2.51. The molecule has 74 valence electrons. The Morgan fingerprint density at radius 1 is 1.29 bits per heavy atom. The molecule has 0 aliphatic carbocycles. The van der Waals surface area contributed by atoms with E-state index in [1.54, 1.807) is 0 Å². The lowest BCUT2D eigenvalue weighted by molar-refractivity contribution is -0.137. The lowest BCUT2D eigenvalue weighted by atomic mass is 10.3. The Kier molecular flexibility index (Phi) is 1.99. The van der Waals surface area contributed by atoms with Gasteiger partial charge >= 0.3 is 6.18 Å². The Morgan fingerprint density at radius 3 is 2.64 bits per heavy atom. The number of halogens is 4. The van der Waals surface area contributed by atoms with Gasteiger partial charge < -0.3 is 0 Å². The Labute approximate surface area is 84.7 Å². The second kappa shape index (κ2) is 2.94. The van der Waals surface area contributed by atoms with Crippen molar-refractivity contribution in [3.63, 3.8) is 0 Å². The number of rotatable bonds is 0. The van der Waals surface area contributed by atoms with Crippen LogP contribution in [0.4, 0.5) is 13.2 Å². The van der Waals surface area contributed by atoms with Crippen molar-refractivity contribution in [1.82, 2.24) is 14.6 Å². The zero-order valence-corrected chi connectivity index (χ0v) is 8.17. The predicted molar refractivity (Wildman–Crippen MR) is 45.7 cm³/mol. The van der Waals surface area contributed by atoms with E-state index in [-0.39, 0.29) is 4.73 Å². The van der Waals surface area contributed by atoms with Gasteiger partial charge in [-0.1, -0.05) is 0 Å². The average Bonchev–Trinajstić information content (AvgIpc) is 2.41. The summed E-state index contributed by atoms with van der Waals surface area (Å²) in [7, 11) is 0. The van der Waals surface area contributed by atoms with E-state index in [1.165, 1.54) is 6.07 Å². The normalized spacial score (nSPS) is 12.3. The average molecular weight is 266 g/mol. The summed E-state index contributed by atoms with van der Waals surface area (Å²) >= 11 is 2.98. The number of pyridine rings is 1. The maximum absolute atomic E-state index is 12.2. The number of hydrogen-bond acceptors (Lipinski definition) is 2. The maximum atomic E-state index is 12.2. The highest BCUT2D eigenvalue weighted by Gasteiger charge is 2.31.